The van der Waals surface area contributed by atoms with Gasteiger partial charge in [-0.2, -0.15) is 0 Å². The largest absolute Gasteiger partial charge is 0.355 e. The molecule has 0 radical (unpaired) electrons. The molecular formula is C13H19N5O2. The molecule has 1 N–H and O–H groups in total. The fourth-order valence-corrected chi connectivity index (χ4v) is 2.87. The van der Waals surface area contributed by atoms with Crippen LogP contribution in [0.15, 0.2) is 0 Å². The molecule has 1 aromatic rings. The van der Waals surface area contributed by atoms with Gasteiger partial charge in [0.05, 0.1) is 12.5 Å². The third-order valence-corrected chi connectivity index (χ3v) is 4.06. The highest BCUT2D eigenvalue weighted by Gasteiger charge is 2.28. The minimum Gasteiger partial charge on any atom is -0.355 e. The molecule has 1 fully saturated rings. The molecule has 1 atom stereocenters. The molecule has 7 nitrogen and oxygen atoms in total. The van der Waals surface area contributed by atoms with Crippen LogP contribution in [-0.4, -0.2) is 45.1 Å². The van der Waals surface area contributed by atoms with E-state index in [0.29, 0.717) is 25.9 Å². The van der Waals surface area contributed by atoms with Crippen LogP contribution >= 0.6 is 0 Å². The molecule has 1 saturated heterocycles. The average molecular weight is 277 g/mol. The smallest absolute Gasteiger partial charge is 0.227 e. The number of aryl methyl sites for hydroxylation is 1. The molecule has 2 aliphatic rings. The normalized spacial score (nSPS) is 21.4. The molecule has 0 spiro atoms. The van der Waals surface area contributed by atoms with E-state index in [1.165, 1.54) is 0 Å². The zero-order valence-corrected chi connectivity index (χ0v) is 11.6. The summed E-state index contributed by atoms with van der Waals surface area (Å²) < 4.78 is 2.10. The van der Waals surface area contributed by atoms with Crippen molar-refractivity contribution in [1.29, 1.82) is 0 Å². The molecule has 0 aliphatic carbocycles. The maximum atomic E-state index is 12.3. The number of nitrogens with one attached hydrogen (secondary N) is 1. The predicted molar refractivity (Wildman–Crippen MR) is 70.6 cm³/mol. The van der Waals surface area contributed by atoms with Crippen molar-refractivity contribution < 1.29 is 9.59 Å². The molecule has 108 valence electrons. The third-order valence-electron chi connectivity index (χ3n) is 4.06. The zero-order valence-electron chi connectivity index (χ0n) is 11.6. The first-order valence-corrected chi connectivity index (χ1v) is 7.08. The number of hydrogen-bond acceptors (Lipinski definition) is 4. The van der Waals surface area contributed by atoms with Gasteiger partial charge in [0.2, 0.25) is 11.8 Å². The van der Waals surface area contributed by atoms with Gasteiger partial charge in [-0.3, -0.25) is 9.59 Å². The average Bonchev–Trinajstić information content (AvgIpc) is 3.04. The fourth-order valence-electron chi connectivity index (χ4n) is 2.87. The highest BCUT2D eigenvalue weighted by molar-refractivity contribution is 5.83. The van der Waals surface area contributed by atoms with Crippen LogP contribution in [0.4, 0.5) is 0 Å². The van der Waals surface area contributed by atoms with Crippen LogP contribution in [0, 0.1) is 5.92 Å². The summed E-state index contributed by atoms with van der Waals surface area (Å²) in [6.45, 7) is 1.87. The summed E-state index contributed by atoms with van der Waals surface area (Å²) in [5, 5.41) is 11.1. The third kappa shape index (κ3) is 2.39. The lowest BCUT2D eigenvalue weighted by atomic mass is 9.98. The second-order valence-electron chi connectivity index (χ2n) is 5.52. The van der Waals surface area contributed by atoms with Crippen molar-refractivity contribution in [3.05, 3.63) is 11.6 Å². The minimum atomic E-state index is -0.112. The van der Waals surface area contributed by atoms with Gasteiger partial charge >= 0.3 is 0 Å². The van der Waals surface area contributed by atoms with Crippen molar-refractivity contribution in [3.8, 4) is 0 Å². The van der Waals surface area contributed by atoms with E-state index in [-0.39, 0.29) is 17.7 Å². The molecule has 1 aromatic heterocycles. The first kappa shape index (κ1) is 13.1. The van der Waals surface area contributed by atoms with Gasteiger partial charge in [-0.05, 0) is 12.8 Å². The topological polar surface area (TPSA) is 80.1 Å². The Morgan fingerprint density at radius 1 is 1.45 bits per heavy atom. The number of hydrogen-bond donors (Lipinski definition) is 1. The Bertz CT molecular complexity index is 529. The number of carbonyl (C=O) groups is 2. The summed E-state index contributed by atoms with van der Waals surface area (Å²) in [5.74, 6) is 1.87. The van der Waals surface area contributed by atoms with E-state index in [1.54, 1.807) is 11.9 Å². The van der Waals surface area contributed by atoms with Gasteiger partial charge in [0.25, 0.3) is 0 Å². The molecule has 2 amide bonds. The van der Waals surface area contributed by atoms with Crippen molar-refractivity contribution in [2.75, 3.05) is 13.6 Å². The number of rotatable bonds is 3. The Balaban J connectivity index is 1.62. The van der Waals surface area contributed by atoms with Crippen LogP contribution < -0.4 is 5.32 Å². The van der Waals surface area contributed by atoms with Crippen molar-refractivity contribution in [2.45, 2.75) is 38.8 Å². The van der Waals surface area contributed by atoms with Crippen LogP contribution in [0.3, 0.4) is 0 Å². The quantitative estimate of drug-likeness (QED) is 0.823. The highest BCUT2D eigenvalue weighted by Crippen LogP contribution is 2.17. The van der Waals surface area contributed by atoms with Crippen molar-refractivity contribution >= 4 is 11.8 Å². The second kappa shape index (κ2) is 5.22. The summed E-state index contributed by atoms with van der Waals surface area (Å²) in [7, 11) is 1.79. The molecular weight excluding hydrogens is 258 g/mol. The first-order valence-electron chi connectivity index (χ1n) is 7.08. The maximum Gasteiger partial charge on any atom is 0.227 e. The SMILES string of the molecule is CN(Cc1nnc2n1CCC2)C(=O)C1CCC(=O)NC1. The lowest BCUT2D eigenvalue weighted by Gasteiger charge is -2.26. The minimum absolute atomic E-state index is 0.0342. The van der Waals surface area contributed by atoms with E-state index in [9.17, 15) is 9.59 Å². The molecule has 0 saturated carbocycles. The van der Waals surface area contributed by atoms with Gasteiger partial charge < -0.3 is 14.8 Å². The highest BCUT2D eigenvalue weighted by atomic mass is 16.2. The van der Waals surface area contributed by atoms with E-state index in [2.05, 4.69) is 20.1 Å². The van der Waals surface area contributed by atoms with Gasteiger partial charge in [0.15, 0.2) is 5.82 Å². The van der Waals surface area contributed by atoms with Crippen LogP contribution in [0.25, 0.3) is 0 Å². The number of carbonyl (C=O) groups excluding carboxylic acids is 2. The van der Waals surface area contributed by atoms with Crippen molar-refractivity contribution in [1.82, 2.24) is 25.0 Å². The number of amides is 2. The number of nitrogens with zero attached hydrogens (tertiary/aromatic N) is 4. The Morgan fingerprint density at radius 2 is 2.30 bits per heavy atom. The summed E-state index contributed by atoms with van der Waals surface area (Å²) in [5.41, 5.74) is 0. The number of piperidine rings is 1. The van der Waals surface area contributed by atoms with E-state index in [1.807, 2.05) is 0 Å². The standard InChI is InChI=1S/C13H19N5O2/c1-17(13(20)9-4-5-12(19)14-7-9)8-11-16-15-10-3-2-6-18(10)11/h9H,2-8H2,1H3,(H,14,19). The van der Waals surface area contributed by atoms with Crippen molar-refractivity contribution in [2.24, 2.45) is 5.92 Å². The van der Waals surface area contributed by atoms with E-state index in [4.69, 9.17) is 0 Å². The van der Waals surface area contributed by atoms with Crippen LogP contribution in [0.5, 0.6) is 0 Å². The monoisotopic (exact) mass is 277 g/mol. The Labute approximate surface area is 117 Å². The molecule has 0 bridgehead atoms. The molecule has 2 aliphatic heterocycles. The summed E-state index contributed by atoms with van der Waals surface area (Å²) in [6, 6.07) is 0. The van der Waals surface area contributed by atoms with Crippen LogP contribution in [0.1, 0.15) is 30.9 Å². The Hall–Kier alpha value is -1.92. The van der Waals surface area contributed by atoms with Crippen molar-refractivity contribution in [3.63, 3.8) is 0 Å². The van der Waals surface area contributed by atoms with Gasteiger partial charge in [-0.15, -0.1) is 10.2 Å². The fraction of sp³-hybridized carbons (Fsp3) is 0.692. The van der Waals surface area contributed by atoms with Crippen LogP contribution in [-0.2, 0) is 29.1 Å². The van der Waals surface area contributed by atoms with E-state index < -0.39 is 0 Å². The molecule has 3 heterocycles. The molecule has 1 unspecified atom stereocenters. The molecule has 0 aromatic carbocycles. The van der Waals surface area contributed by atoms with Gasteiger partial charge in [-0.1, -0.05) is 0 Å². The first-order chi connectivity index (χ1) is 9.65. The van der Waals surface area contributed by atoms with Gasteiger partial charge in [0.1, 0.15) is 5.82 Å². The predicted octanol–water partition coefficient (Wildman–Crippen LogP) is -0.291. The summed E-state index contributed by atoms with van der Waals surface area (Å²) in [4.78, 5) is 25.2. The Kier molecular flexibility index (Phi) is 3.42. The van der Waals surface area contributed by atoms with E-state index in [0.717, 1.165) is 31.0 Å². The second-order valence-corrected chi connectivity index (χ2v) is 5.52. The van der Waals surface area contributed by atoms with Gasteiger partial charge in [-0.25, -0.2) is 0 Å². The zero-order chi connectivity index (χ0) is 14.1. The molecule has 3 rings (SSSR count). The molecule has 7 heteroatoms. The Morgan fingerprint density at radius 3 is 3.05 bits per heavy atom. The summed E-state index contributed by atoms with van der Waals surface area (Å²) >= 11 is 0. The lowest BCUT2D eigenvalue weighted by Crippen LogP contribution is -2.43. The number of fused-ring (bicyclic) bond motifs is 1. The van der Waals surface area contributed by atoms with Gasteiger partial charge in [0, 0.05) is 33.0 Å². The molecule has 20 heavy (non-hydrogen) atoms. The van der Waals surface area contributed by atoms with E-state index >= 15 is 0 Å². The summed E-state index contributed by atoms with van der Waals surface area (Å²) in [6.07, 6.45) is 3.14. The number of aromatic nitrogens is 3. The van der Waals surface area contributed by atoms with Crippen LogP contribution in [0.2, 0.25) is 0 Å². The lowest BCUT2D eigenvalue weighted by molar-refractivity contribution is -0.136. The maximum absolute atomic E-state index is 12.3.